The van der Waals surface area contributed by atoms with Gasteiger partial charge in [0.25, 0.3) is 5.56 Å². The molecule has 0 saturated carbocycles. The summed E-state index contributed by atoms with van der Waals surface area (Å²) in [5.41, 5.74) is 4.45. The Bertz CT molecular complexity index is 1390. The van der Waals surface area contributed by atoms with Crippen molar-refractivity contribution < 1.29 is 0 Å². The van der Waals surface area contributed by atoms with Gasteiger partial charge >= 0.3 is 0 Å². The van der Waals surface area contributed by atoms with Gasteiger partial charge in [0.2, 0.25) is 0 Å². The average Bonchev–Trinajstić information content (AvgIpc) is 2.93. The molecule has 36 heavy (non-hydrogen) atoms. The number of hydrogen-bond acceptors (Lipinski definition) is 6. The molecule has 2 aliphatic rings. The van der Waals surface area contributed by atoms with Crippen LogP contribution in [0.3, 0.4) is 0 Å². The fourth-order valence-corrected chi connectivity index (χ4v) is 5.46. The third-order valence-corrected chi connectivity index (χ3v) is 7.53. The molecule has 184 valence electrons. The molecule has 0 radical (unpaired) electrons. The van der Waals surface area contributed by atoms with Gasteiger partial charge in [-0.2, -0.15) is 0 Å². The maximum absolute atomic E-state index is 13.3. The van der Waals surface area contributed by atoms with Crippen LogP contribution >= 0.6 is 0 Å². The van der Waals surface area contributed by atoms with Gasteiger partial charge in [0.05, 0.1) is 29.5 Å². The molecular weight excluding hydrogens is 448 g/mol. The number of anilines is 1. The van der Waals surface area contributed by atoms with E-state index in [1.165, 1.54) is 22.0 Å². The first-order valence-electron chi connectivity index (χ1n) is 12.9. The Morgan fingerprint density at radius 3 is 2.47 bits per heavy atom. The predicted octanol–water partition coefficient (Wildman–Crippen LogP) is 3.17. The van der Waals surface area contributed by atoms with Crippen LogP contribution in [0.2, 0.25) is 0 Å². The molecular formula is C29H32N6O. The van der Waals surface area contributed by atoms with Gasteiger partial charge in [-0.3, -0.25) is 24.1 Å². The van der Waals surface area contributed by atoms with Gasteiger partial charge < -0.3 is 4.90 Å². The first kappa shape index (κ1) is 22.9. The number of pyridine rings is 1. The van der Waals surface area contributed by atoms with E-state index in [1.807, 2.05) is 23.0 Å². The quantitative estimate of drug-likeness (QED) is 0.423. The lowest BCUT2D eigenvalue weighted by molar-refractivity contribution is 0.235. The fourth-order valence-electron chi connectivity index (χ4n) is 5.46. The molecule has 2 aromatic heterocycles. The Hall–Kier alpha value is -3.55. The highest BCUT2D eigenvalue weighted by atomic mass is 16.1. The molecule has 0 N–H and O–H groups in total. The van der Waals surface area contributed by atoms with Crippen molar-refractivity contribution in [1.82, 2.24) is 24.3 Å². The van der Waals surface area contributed by atoms with Crippen molar-refractivity contribution in [3.63, 3.8) is 0 Å². The fraction of sp³-hybridized carbons (Fsp3) is 0.345. The summed E-state index contributed by atoms with van der Waals surface area (Å²) in [5.74, 6) is 0. The van der Waals surface area contributed by atoms with Gasteiger partial charge in [-0.1, -0.05) is 54.6 Å². The van der Waals surface area contributed by atoms with E-state index in [0.29, 0.717) is 13.1 Å². The van der Waals surface area contributed by atoms with E-state index >= 15 is 0 Å². The monoisotopic (exact) mass is 480 g/mol. The SMILES string of the molecule is O=c1c2c(ncn1CCN1CCN(c3cncc4ccccc34)CC1)CCN(Cc1ccccc1)C2. The van der Waals surface area contributed by atoms with E-state index in [4.69, 9.17) is 0 Å². The molecule has 0 bridgehead atoms. The first-order valence-corrected chi connectivity index (χ1v) is 12.9. The molecule has 2 aliphatic heterocycles. The van der Waals surface area contributed by atoms with Crippen molar-refractivity contribution >= 4 is 16.5 Å². The number of hydrogen-bond donors (Lipinski definition) is 0. The lowest BCUT2D eigenvalue weighted by atomic mass is 10.1. The summed E-state index contributed by atoms with van der Waals surface area (Å²) in [5, 5.41) is 2.44. The van der Waals surface area contributed by atoms with E-state index in [-0.39, 0.29) is 5.56 Å². The molecule has 4 aromatic rings. The first-order chi connectivity index (χ1) is 17.7. The molecule has 2 aromatic carbocycles. The van der Waals surface area contributed by atoms with Crippen LogP contribution in [0.5, 0.6) is 0 Å². The highest BCUT2D eigenvalue weighted by Crippen LogP contribution is 2.26. The lowest BCUT2D eigenvalue weighted by Gasteiger charge is -2.36. The minimum atomic E-state index is 0.123. The number of aromatic nitrogens is 3. The van der Waals surface area contributed by atoms with Gasteiger partial charge in [-0.15, -0.1) is 0 Å². The summed E-state index contributed by atoms with van der Waals surface area (Å²) in [4.78, 5) is 29.7. The Kier molecular flexibility index (Phi) is 6.49. The molecule has 7 heteroatoms. The number of fused-ring (bicyclic) bond motifs is 2. The minimum absolute atomic E-state index is 0.123. The van der Waals surface area contributed by atoms with Crippen molar-refractivity contribution in [2.75, 3.05) is 44.2 Å². The second-order valence-corrected chi connectivity index (χ2v) is 9.82. The van der Waals surface area contributed by atoms with E-state index in [0.717, 1.165) is 63.5 Å². The Balaban J connectivity index is 1.07. The Morgan fingerprint density at radius 2 is 1.61 bits per heavy atom. The highest BCUT2D eigenvalue weighted by Gasteiger charge is 2.22. The normalized spacial score (nSPS) is 16.8. The molecule has 4 heterocycles. The Labute approximate surface area is 211 Å². The summed E-state index contributed by atoms with van der Waals surface area (Å²) in [6.07, 6.45) is 6.51. The van der Waals surface area contributed by atoms with Gasteiger partial charge in [0, 0.05) is 82.3 Å². The minimum Gasteiger partial charge on any atom is -0.367 e. The standard InChI is InChI=1S/C29H32N6O/c36-29-26-21-33(20-23-6-2-1-3-7-23)11-10-27(26)31-22-35(29)17-14-32-12-15-34(16-13-32)28-19-30-18-24-8-4-5-9-25(24)28/h1-9,18-19,22H,10-17,20-21H2. The van der Waals surface area contributed by atoms with Gasteiger partial charge in [0.15, 0.2) is 0 Å². The second-order valence-electron chi connectivity index (χ2n) is 9.82. The zero-order chi connectivity index (χ0) is 24.3. The van der Waals surface area contributed by atoms with Gasteiger partial charge in [-0.25, -0.2) is 4.98 Å². The maximum Gasteiger partial charge on any atom is 0.258 e. The lowest BCUT2D eigenvalue weighted by Crippen LogP contribution is -2.48. The van der Waals surface area contributed by atoms with Crippen LogP contribution in [0.4, 0.5) is 5.69 Å². The summed E-state index contributed by atoms with van der Waals surface area (Å²) in [6, 6.07) is 18.9. The second kappa shape index (κ2) is 10.2. The highest BCUT2D eigenvalue weighted by molar-refractivity contribution is 5.93. The van der Waals surface area contributed by atoms with Crippen molar-refractivity contribution in [2.24, 2.45) is 0 Å². The molecule has 0 atom stereocenters. The zero-order valence-corrected chi connectivity index (χ0v) is 20.6. The van der Waals surface area contributed by atoms with Gasteiger partial charge in [-0.05, 0) is 5.56 Å². The maximum atomic E-state index is 13.3. The van der Waals surface area contributed by atoms with Crippen LogP contribution in [0.25, 0.3) is 10.8 Å². The van der Waals surface area contributed by atoms with Crippen LogP contribution in [0.1, 0.15) is 16.8 Å². The number of benzene rings is 2. The van der Waals surface area contributed by atoms with Crippen molar-refractivity contribution in [1.29, 1.82) is 0 Å². The van der Waals surface area contributed by atoms with Crippen LogP contribution in [-0.4, -0.2) is 63.6 Å². The molecule has 0 aliphatic carbocycles. The average molecular weight is 481 g/mol. The Morgan fingerprint density at radius 1 is 0.806 bits per heavy atom. The molecule has 1 saturated heterocycles. The molecule has 0 spiro atoms. The number of nitrogens with zero attached hydrogens (tertiary/aromatic N) is 6. The zero-order valence-electron chi connectivity index (χ0n) is 20.6. The third kappa shape index (κ3) is 4.76. The van der Waals surface area contributed by atoms with E-state index in [1.54, 1.807) is 6.33 Å². The number of rotatable bonds is 6. The molecule has 7 nitrogen and oxygen atoms in total. The van der Waals surface area contributed by atoms with Crippen LogP contribution in [0.15, 0.2) is 78.1 Å². The summed E-state index contributed by atoms with van der Waals surface area (Å²) in [6.45, 7) is 7.88. The topological polar surface area (TPSA) is 57.5 Å². The van der Waals surface area contributed by atoms with Crippen molar-refractivity contribution in [3.05, 3.63) is 100 Å². The number of piperazine rings is 1. The van der Waals surface area contributed by atoms with Crippen LogP contribution in [0, 0.1) is 0 Å². The van der Waals surface area contributed by atoms with Crippen LogP contribution in [-0.2, 0) is 26.1 Å². The predicted molar refractivity (Wildman–Crippen MR) is 143 cm³/mol. The van der Waals surface area contributed by atoms with Gasteiger partial charge in [0.1, 0.15) is 0 Å². The van der Waals surface area contributed by atoms with Crippen molar-refractivity contribution in [2.45, 2.75) is 26.1 Å². The van der Waals surface area contributed by atoms with E-state index in [2.05, 4.69) is 73.2 Å². The summed E-state index contributed by atoms with van der Waals surface area (Å²) < 4.78 is 1.81. The summed E-state index contributed by atoms with van der Waals surface area (Å²) in [7, 11) is 0. The summed E-state index contributed by atoms with van der Waals surface area (Å²) >= 11 is 0. The van der Waals surface area contributed by atoms with Crippen molar-refractivity contribution in [3.8, 4) is 0 Å². The molecule has 1 fully saturated rings. The van der Waals surface area contributed by atoms with Crippen LogP contribution < -0.4 is 10.5 Å². The molecule has 0 amide bonds. The third-order valence-electron chi connectivity index (χ3n) is 7.53. The van der Waals surface area contributed by atoms with E-state index < -0.39 is 0 Å². The molecule has 0 unspecified atom stereocenters. The van der Waals surface area contributed by atoms with E-state index in [9.17, 15) is 4.79 Å². The molecule has 6 rings (SSSR count). The smallest absolute Gasteiger partial charge is 0.258 e. The largest absolute Gasteiger partial charge is 0.367 e.